The quantitative estimate of drug-likeness (QED) is 0.804. The van der Waals surface area contributed by atoms with E-state index in [1.54, 1.807) is 0 Å². The topological polar surface area (TPSA) is 64.7 Å². The molecule has 23 heavy (non-hydrogen) atoms. The molecule has 2 aliphatic heterocycles. The van der Waals surface area contributed by atoms with Crippen LogP contribution in [0.2, 0.25) is 0 Å². The van der Waals surface area contributed by atoms with E-state index in [0.717, 1.165) is 25.9 Å². The Hall–Kier alpha value is -1.30. The molecule has 6 heteroatoms. The highest BCUT2D eigenvalue weighted by molar-refractivity contribution is 5.79. The zero-order chi connectivity index (χ0) is 16.7. The zero-order valence-corrected chi connectivity index (χ0v) is 14.6. The van der Waals surface area contributed by atoms with Crippen molar-refractivity contribution in [3.05, 3.63) is 0 Å². The Bertz CT molecular complexity index is 386. The maximum Gasteiger partial charge on any atom is 0.317 e. The predicted octanol–water partition coefficient (Wildman–Crippen LogP) is 1.42. The molecule has 2 N–H and O–H groups in total. The standard InChI is InChI=1S/C17H32N4O2/c1-14(2)19-17(23)21-11-6-15(7-12-21)16(22)18-8-13-20-9-4-3-5-10-20/h14-15H,3-13H2,1-2H3,(H,18,22)(H,19,23). The highest BCUT2D eigenvalue weighted by Gasteiger charge is 2.27. The highest BCUT2D eigenvalue weighted by atomic mass is 16.2. The van der Waals surface area contributed by atoms with Crippen LogP contribution in [0.15, 0.2) is 0 Å². The smallest absolute Gasteiger partial charge is 0.317 e. The first-order valence-electron chi connectivity index (χ1n) is 9.12. The first kappa shape index (κ1) is 18.0. The molecule has 6 nitrogen and oxygen atoms in total. The Morgan fingerprint density at radius 3 is 2.30 bits per heavy atom. The van der Waals surface area contributed by atoms with E-state index in [2.05, 4.69) is 15.5 Å². The van der Waals surface area contributed by atoms with Crippen LogP contribution < -0.4 is 10.6 Å². The lowest BCUT2D eigenvalue weighted by atomic mass is 9.96. The van der Waals surface area contributed by atoms with E-state index in [1.807, 2.05) is 18.7 Å². The van der Waals surface area contributed by atoms with Gasteiger partial charge in [-0.2, -0.15) is 0 Å². The SMILES string of the molecule is CC(C)NC(=O)N1CCC(C(=O)NCCN2CCCCC2)CC1. The maximum absolute atomic E-state index is 12.2. The van der Waals surface area contributed by atoms with Gasteiger partial charge in [0.2, 0.25) is 5.91 Å². The second-order valence-corrected chi connectivity index (χ2v) is 7.06. The van der Waals surface area contributed by atoms with E-state index in [0.29, 0.717) is 13.1 Å². The average molecular weight is 324 g/mol. The molecule has 2 rings (SSSR count). The molecule has 2 saturated heterocycles. The summed E-state index contributed by atoms with van der Waals surface area (Å²) < 4.78 is 0. The summed E-state index contributed by atoms with van der Waals surface area (Å²) in [5, 5.41) is 5.98. The molecule has 0 atom stereocenters. The van der Waals surface area contributed by atoms with Gasteiger partial charge in [-0.05, 0) is 52.6 Å². The van der Waals surface area contributed by atoms with Gasteiger partial charge in [-0.25, -0.2) is 4.79 Å². The molecule has 2 heterocycles. The normalized spacial score (nSPS) is 20.6. The summed E-state index contributed by atoms with van der Waals surface area (Å²) in [6, 6.07) is 0.141. The Balaban J connectivity index is 1.62. The Labute approximate surface area is 140 Å². The molecule has 2 fully saturated rings. The van der Waals surface area contributed by atoms with Gasteiger partial charge in [-0.3, -0.25) is 4.79 Å². The van der Waals surface area contributed by atoms with Crippen molar-refractivity contribution in [2.75, 3.05) is 39.3 Å². The maximum atomic E-state index is 12.2. The van der Waals surface area contributed by atoms with Gasteiger partial charge in [0, 0.05) is 38.1 Å². The van der Waals surface area contributed by atoms with Crippen LogP contribution in [0, 0.1) is 5.92 Å². The van der Waals surface area contributed by atoms with Crippen LogP contribution in [0.5, 0.6) is 0 Å². The lowest BCUT2D eigenvalue weighted by molar-refractivity contribution is -0.126. The molecule has 0 aliphatic carbocycles. The average Bonchev–Trinajstić information content (AvgIpc) is 2.55. The van der Waals surface area contributed by atoms with E-state index < -0.39 is 0 Å². The molecular weight excluding hydrogens is 292 g/mol. The molecule has 2 aliphatic rings. The molecule has 0 aromatic heterocycles. The van der Waals surface area contributed by atoms with Crippen molar-refractivity contribution in [1.82, 2.24) is 20.4 Å². The van der Waals surface area contributed by atoms with Crippen LogP contribution in [0.3, 0.4) is 0 Å². The molecule has 0 aromatic carbocycles. The predicted molar refractivity (Wildman–Crippen MR) is 91.3 cm³/mol. The number of piperidine rings is 2. The summed E-state index contributed by atoms with van der Waals surface area (Å²) >= 11 is 0. The molecule has 132 valence electrons. The van der Waals surface area contributed by atoms with Gasteiger partial charge in [0.05, 0.1) is 0 Å². The van der Waals surface area contributed by atoms with Gasteiger partial charge in [-0.1, -0.05) is 6.42 Å². The summed E-state index contributed by atoms with van der Waals surface area (Å²) in [6.45, 7) is 9.29. The van der Waals surface area contributed by atoms with Gasteiger partial charge in [0.25, 0.3) is 0 Å². The largest absolute Gasteiger partial charge is 0.355 e. The third-order valence-electron chi connectivity index (χ3n) is 4.74. The van der Waals surface area contributed by atoms with Crippen molar-refractivity contribution in [1.29, 1.82) is 0 Å². The fraction of sp³-hybridized carbons (Fsp3) is 0.882. The minimum Gasteiger partial charge on any atom is -0.355 e. The number of likely N-dealkylation sites (tertiary alicyclic amines) is 2. The fourth-order valence-electron chi connectivity index (χ4n) is 3.35. The third-order valence-corrected chi connectivity index (χ3v) is 4.74. The van der Waals surface area contributed by atoms with E-state index in [4.69, 9.17) is 0 Å². The van der Waals surface area contributed by atoms with Crippen molar-refractivity contribution >= 4 is 11.9 Å². The summed E-state index contributed by atoms with van der Waals surface area (Å²) in [5.74, 6) is 0.213. The van der Waals surface area contributed by atoms with Crippen molar-refractivity contribution in [2.24, 2.45) is 5.92 Å². The Morgan fingerprint density at radius 2 is 1.70 bits per heavy atom. The first-order valence-corrected chi connectivity index (χ1v) is 9.12. The van der Waals surface area contributed by atoms with E-state index in [1.165, 1.54) is 32.4 Å². The van der Waals surface area contributed by atoms with Crippen molar-refractivity contribution < 1.29 is 9.59 Å². The highest BCUT2D eigenvalue weighted by Crippen LogP contribution is 2.17. The number of nitrogens with one attached hydrogen (secondary N) is 2. The Kier molecular flexibility index (Phi) is 7.15. The summed E-state index contributed by atoms with van der Waals surface area (Å²) in [4.78, 5) is 28.4. The number of nitrogens with zero attached hydrogens (tertiary/aromatic N) is 2. The third kappa shape index (κ3) is 6.01. The van der Waals surface area contributed by atoms with Crippen LogP contribution in [-0.2, 0) is 4.79 Å². The number of carbonyl (C=O) groups is 2. The number of carbonyl (C=O) groups excluding carboxylic acids is 2. The van der Waals surface area contributed by atoms with Crippen LogP contribution in [0.1, 0.15) is 46.0 Å². The molecule has 0 spiro atoms. The van der Waals surface area contributed by atoms with Crippen molar-refractivity contribution in [3.8, 4) is 0 Å². The van der Waals surface area contributed by atoms with Gasteiger partial charge >= 0.3 is 6.03 Å². The molecule has 0 saturated carbocycles. The molecular formula is C17H32N4O2. The van der Waals surface area contributed by atoms with Crippen LogP contribution in [-0.4, -0.2) is 67.0 Å². The van der Waals surface area contributed by atoms with Crippen LogP contribution in [0.4, 0.5) is 4.79 Å². The molecule has 0 aromatic rings. The van der Waals surface area contributed by atoms with Crippen LogP contribution in [0.25, 0.3) is 0 Å². The van der Waals surface area contributed by atoms with E-state index in [-0.39, 0.29) is 23.9 Å². The fourth-order valence-corrected chi connectivity index (χ4v) is 3.35. The van der Waals surface area contributed by atoms with Crippen LogP contribution >= 0.6 is 0 Å². The summed E-state index contributed by atoms with van der Waals surface area (Å²) in [7, 11) is 0. The second-order valence-electron chi connectivity index (χ2n) is 7.06. The number of urea groups is 1. The second kappa shape index (κ2) is 9.11. The lowest BCUT2D eigenvalue weighted by Gasteiger charge is -2.32. The number of rotatable bonds is 5. The summed E-state index contributed by atoms with van der Waals surface area (Å²) in [6.07, 6.45) is 5.43. The monoisotopic (exact) mass is 324 g/mol. The van der Waals surface area contributed by atoms with Crippen molar-refractivity contribution in [3.63, 3.8) is 0 Å². The van der Waals surface area contributed by atoms with Gasteiger partial charge in [0.1, 0.15) is 0 Å². The Morgan fingerprint density at radius 1 is 1.04 bits per heavy atom. The minimum absolute atomic E-state index is 0.0102. The number of hydrogen-bond donors (Lipinski definition) is 2. The molecule has 0 bridgehead atoms. The lowest BCUT2D eigenvalue weighted by Crippen LogP contribution is -2.48. The van der Waals surface area contributed by atoms with Gasteiger partial charge in [-0.15, -0.1) is 0 Å². The van der Waals surface area contributed by atoms with Gasteiger partial charge < -0.3 is 20.4 Å². The number of hydrogen-bond acceptors (Lipinski definition) is 3. The zero-order valence-electron chi connectivity index (χ0n) is 14.6. The van der Waals surface area contributed by atoms with E-state index >= 15 is 0 Å². The van der Waals surface area contributed by atoms with E-state index in [9.17, 15) is 9.59 Å². The summed E-state index contributed by atoms with van der Waals surface area (Å²) in [5.41, 5.74) is 0. The molecule has 3 amide bonds. The minimum atomic E-state index is -0.0102. The van der Waals surface area contributed by atoms with Crippen molar-refractivity contribution in [2.45, 2.75) is 52.0 Å². The number of amides is 3. The first-order chi connectivity index (χ1) is 11.1. The molecule has 0 unspecified atom stereocenters. The van der Waals surface area contributed by atoms with Gasteiger partial charge in [0.15, 0.2) is 0 Å². The molecule has 0 radical (unpaired) electrons.